The number of nitrogens with one attached hydrogen (secondary N) is 1. The highest BCUT2D eigenvalue weighted by Crippen LogP contribution is 2.30. The molecule has 2 aromatic rings. The van der Waals surface area contributed by atoms with Crippen LogP contribution < -0.4 is 4.74 Å². The highest BCUT2D eigenvalue weighted by Gasteiger charge is 2.21. The lowest BCUT2D eigenvalue weighted by Gasteiger charge is -2.34. The molecular weight excluding hydrogens is 344 g/mol. The third kappa shape index (κ3) is 3.66. The van der Waals surface area contributed by atoms with Crippen molar-refractivity contribution in [1.82, 2.24) is 19.7 Å². The summed E-state index contributed by atoms with van der Waals surface area (Å²) in [4.78, 5) is 6.99. The predicted octanol–water partition coefficient (Wildman–Crippen LogP) is 4.49. The molecule has 1 saturated heterocycles. The second kappa shape index (κ2) is 7.68. The van der Waals surface area contributed by atoms with Gasteiger partial charge in [-0.3, -0.25) is 10.00 Å². The van der Waals surface area contributed by atoms with E-state index < -0.39 is 0 Å². The number of hydrogen-bond donors (Lipinski definition) is 1. The maximum Gasteiger partial charge on any atom is 0.217 e. The van der Waals surface area contributed by atoms with E-state index in [1.165, 1.54) is 19.3 Å². The van der Waals surface area contributed by atoms with E-state index in [0.29, 0.717) is 21.7 Å². The Hall–Kier alpha value is -1.37. The molecule has 1 aromatic carbocycles. The second-order valence-electron chi connectivity index (χ2n) is 6.14. The average Bonchev–Trinajstić information content (AvgIpc) is 2.96. The Morgan fingerprint density at radius 1 is 1.42 bits per heavy atom. The molecule has 5 nitrogen and oxygen atoms in total. The number of H-pyrrole nitrogens is 1. The summed E-state index contributed by atoms with van der Waals surface area (Å²) in [6.07, 6.45) is 4.98. The summed E-state index contributed by atoms with van der Waals surface area (Å²) in [5, 5.41) is 3.95. The summed E-state index contributed by atoms with van der Waals surface area (Å²) in [6.45, 7) is 4.10. The van der Waals surface area contributed by atoms with Crippen LogP contribution in [0.1, 0.15) is 32.6 Å². The van der Waals surface area contributed by atoms with Crippen LogP contribution in [0.5, 0.6) is 5.75 Å². The first-order chi connectivity index (χ1) is 11.6. The molecule has 0 amide bonds. The number of piperidine rings is 1. The van der Waals surface area contributed by atoms with Gasteiger partial charge >= 0.3 is 0 Å². The summed E-state index contributed by atoms with van der Waals surface area (Å²) in [5.74, 6) is 1.41. The van der Waals surface area contributed by atoms with Crippen LogP contribution in [0.15, 0.2) is 18.2 Å². The van der Waals surface area contributed by atoms with Gasteiger partial charge in [-0.1, -0.05) is 24.9 Å². The van der Waals surface area contributed by atoms with Gasteiger partial charge in [-0.25, -0.2) is 4.68 Å². The lowest BCUT2D eigenvalue weighted by Crippen LogP contribution is -2.40. The Labute approximate surface area is 152 Å². The lowest BCUT2D eigenvalue weighted by atomic mass is 10.0. The molecule has 130 valence electrons. The van der Waals surface area contributed by atoms with Gasteiger partial charge < -0.3 is 4.74 Å². The van der Waals surface area contributed by atoms with Crippen LogP contribution in [0.3, 0.4) is 0 Å². The van der Waals surface area contributed by atoms with Crippen molar-refractivity contribution in [1.29, 1.82) is 0 Å². The first kappa shape index (κ1) is 17.5. The smallest absolute Gasteiger partial charge is 0.217 e. The van der Waals surface area contributed by atoms with E-state index in [-0.39, 0.29) is 0 Å². The number of halogens is 1. The zero-order chi connectivity index (χ0) is 17.1. The second-order valence-corrected chi connectivity index (χ2v) is 6.94. The van der Waals surface area contributed by atoms with Crippen molar-refractivity contribution in [2.24, 2.45) is 0 Å². The molecule has 24 heavy (non-hydrogen) atoms. The van der Waals surface area contributed by atoms with Gasteiger partial charge in [0.2, 0.25) is 4.77 Å². The molecule has 0 radical (unpaired) electrons. The minimum absolute atomic E-state index is 0.549. The van der Waals surface area contributed by atoms with Gasteiger partial charge in [-0.2, -0.15) is 4.98 Å². The SMILES string of the molecule is CC[C@@H]1CCCCN1Cn1[nH]c(-c2cc(Cl)ccc2OC)nc1=S. The van der Waals surface area contributed by atoms with Crippen molar-refractivity contribution in [2.45, 2.75) is 45.3 Å². The monoisotopic (exact) mass is 366 g/mol. The number of aromatic nitrogens is 3. The quantitative estimate of drug-likeness (QED) is 0.792. The fraction of sp³-hybridized carbons (Fsp3) is 0.529. The van der Waals surface area contributed by atoms with Gasteiger partial charge in [0.1, 0.15) is 5.75 Å². The summed E-state index contributed by atoms with van der Waals surface area (Å²) >= 11 is 11.6. The van der Waals surface area contributed by atoms with Crippen molar-refractivity contribution in [3.63, 3.8) is 0 Å². The normalized spacial score (nSPS) is 18.7. The Bertz CT molecular complexity index is 757. The molecule has 1 aliphatic rings. The van der Waals surface area contributed by atoms with E-state index in [9.17, 15) is 0 Å². The molecule has 1 atom stereocenters. The van der Waals surface area contributed by atoms with Crippen molar-refractivity contribution in [3.05, 3.63) is 28.0 Å². The van der Waals surface area contributed by atoms with E-state index in [4.69, 9.17) is 28.6 Å². The maximum absolute atomic E-state index is 6.13. The molecule has 1 fully saturated rings. The van der Waals surface area contributed by atoms with Gasteiger partial charge in [0, 0.05) is 17.6 Å². The third-order valence-corrected chi connectivity index (χ3v) is 5.19. The fourth-order valence-corrected chi connectivity index (χ4v) is 3.70. The first-order valence-corrected chi connectivity index (χ1v) is 9.15. The Balaban J connectivity index is 1.88. The molecule has 3 rings (SSSR count). The van der Waals surface area contributed by atoms with Crippen molar-refractivity contribution >= 4 is 23.8 Å². The first-order valence-electron chi connectivity index (χ1n) is 8.37. The fourth-order valence-electron chi connectivity index (χ4n) is 3.33. The number of aromatic amines is 1. The highest BCUT2D eigenvalue weighted by atomic mass is 35.5. The van der Waals surface area contributed by atoms with Crippen LogP contribution in [0, 0.1) is 4.77 Å². The number of hydrogen-bond acceptors (Lipinski definition) is 4. The zero-order valence-electron chi connectivity index (χ0n) is 14.1. The third-order valence-electron chi connectivity index (χ3n) is 4.64. The van der Waals surface area contributed by atoms with Crippen LogP contribution >= 0.6 is 23.8 Å². The molecule has 1 aromatic heterocycles. The van der Waals surface area contributed by atoms with E-state index in [0.717, 1.165) is 30.9 Å². The molecule has 7 heteroatoms. The van der Waals surface area contributed by atoms with E-state index in [2.05, 4.69) is 21.9 Å². The number of nitrogens with zero attached hydrogens (tertiary/aromatic N) is 3. The van der Waals surface area contributed by atoms with Crippen molar-refractivity contribution in [3.8, 4) is 17.1 Å². The standard InChI is InChI=1S/C17H23ClN4OS/c1-3-13-6-4-5-9-21(13)11-22-17(24)19-16(20-22)14-10-12(18)7-8-15(14)23-2/h7-8,10,13H,3-6,9,11H2,1-2H3,(H,19,20,24)/t13-/m1/s1. The minimum atomic E-state index is 0.549. The van der Waals surface area contributed by atoms with Crippen LogP contribution in [-0.4, -0.2) is 39.4 Å². The molecule has 2 heterocycles. The number of ether oxygens (including phenoxy) is 1. The molecule has 0 saturated carbocycles. The number of rotatable bonds is 5. The summed E-state index contributed by atoms with van der Waals surface area (Å²) in [5.41, 5.74) is 0.820. The summed E-state index contributed by atoms with van der Waals surface area (Å²) in [6, 6.07) is 6.10. The minimum Gasteiger partial charge on any atom is -0.496 e. The average molecular weight is 367 g/mol. The topological polar surface area (TPSA) is 46.1 Å². The molecular formula is C17H23ClN4OS. The summed E-state index contributed by atoms with van der Waals surface area (Å²) < 4.78 is 7.89. The van der Waals surface area contributed by atoms with Crippen LogP contribution in [0.2, 0.25) is 5.02 Å². The van der Waals surface area contributed by atoms with Gasteiger partial charge in [-0.05, 0) is 49.7 Å². The van der Waals surface area contributed by atoms with Crippen molar-refractivity contribution in [2.75, 3.05) is 13.7 Å². The van der Waals surface area contributed by atoms with E-state index in [1.807, 2.05) is 16.8 Å². The predicted molar refractivity (Wildman–Crippen MR) is 99.0 cm³/mol. The molecule has 0 aliphatic carbocycles. The number of benzene rings is 1. The van der Waals surface area contributed by atoms with Crippen molar-refractivity contribution < 1.29 is 4.74 Å². The van der Waals surface area contributed by atoms with Crippen LogP contribution in [-0.2, 0) is 6.67 Å². The Kier molecular flexibility index (Phi) is 5.58. The molecule has 0 unspecified atom stereocenters. The summed E-state index contributed by atoms with van der Waals surface area (Å²) in [7, 11) is 1.64. The van der Waals surface area contributed by atoms with Crippen LogP contribution in [0.25, 0.3) is 11.4 Å². The lowest BCUT2D eigenvalue weighted by molar-refractivity contribution is 0.101. The van der Waals surface area contributed by atoms with Gasteiger partial charge in [0.05, 0.1) is 19.3 Å². The largest absolute Gasteiger partial charge is 0.496 e. The Morgan fingerprint density at radius 2 is 2.25 bits per heavy atom. The van der Waals surface area contributed by atoms with E-state index >= 15 is 0 Å². The van der Waals surface area contributed by atoms with Gasteiger partial charge in [0.15, 0.2) is 5.82 Å². The molecule has 0 spiro atoms. The molecule has 1 N–H and O–H groups in total. The van der Waals surface area contributed by atoms with Crippen LogP contribution in [0.4, 0.5) is 0 Å². The zero-order valence-corrected chi connectivity index (χ0v) is 15.7. The van der Waals surface area contributed by atoms with Gasteiger partial charge in [0.25, 0.3) is 0 Å². The number of likely N-dealkylation sites (tertiary alicyclic amines) is 1. The Morgan fingerprint density at radius 3 is 3.00 bits per heavy atom. The van der Waals surface area contributed by atoms with E-state index in [1.54, 1.807) is 13.2 Å². The van der Waals surface area contributed by atoms with Gasteiger partial charge in [-0.15, -0.1) is 0 Å². The number of methoxy groups -OCH3 is 1. The maximum atomic E-state index is 6.13. The molecule has 0 bridgehead atoms. The molecule has 1 aliphatic heterocycles. The highest BCUT2D eigenvalue weighted by molar-refractivity contribution is 7.71.